The molecule has 9 heteroatoms. The third kappa shape index (κ3) is 4.77. The van der Waals surface area contributed by atoms with Crippen molar-refractivity contribution in [3.05, 3.63) is 48.6 Å². The zero-order valence-corrected chi connectivity index (χ0v) is 24.6. The van der Waals surface area contributed by atoms with Crippen LogP contribution in [0.4, 0.5) is 11.4 Å². The van der Waals surface area contributed by atoms with Crippen molar-refractivity contribution in [2.45, 2.75) is 76.7 Å². The number of fused-ring (bicyclic) bond motifs is 2. The number of aliphatic hydroxyl groups excluding tert-OH is 1. The molecule has 9 nitrogen and oxygen atoms in total. The van der Waals surface area contributed by atoms with E-state index in [1.807, 2.05) is 62.4 Å². The van der Waals surface area contributed by atoms with Gasteiger partial charge in [0.15, 0.2) is 0 Å². The van der Waals surface area contributed by atoms with Crippen molar-refractivity contribution in [2.75, 3.05) is 42.6 Å². The number of hydrogen-bond donors (Lipinski definition) is 1. The van der Waals surface area contributed by atoms with E-state index in [0.717, 1.165) is 38.0 Å². The molecule has 1 N–H and O–H groups in total. The molecule has 1 spiro atoms. The lowest BCUT2D eigenvalue weighted by atomic mass is 9.74. The highest BCUT2D eigenvalue weighted by molar-refractivity contribution is 6.05. The first-order valence-electron chi connectivity index (χ1n) is 15.1. The van der Waals surface area contributed by atoms with E-state index in [1.54, 1.807) is 4.90 Å². The van der Waals surface area contributed by atoms with Gasteiger partial charge in [-0.15, -0.1) is 0 Å². The summed E-state index contributed by atoms with van der Waals surface area (Å²) in [5.74, 6) is -3.02. The maximum Gasteiger partial charge on any atom is 0.313 e. The Labute approximate surface area is 242 Å². The van der Waals surface area contributed by atoms with Gasteiger partial charge in [-0.1, -0.05) is 31.2 Å². The molecule has 222 valence electrons. The lowest BCUT2D eigenvalue weighted by Crippen LogP contribution is -2.58. The van der Waals surface area contributed by atoms with Gasteiger partial charge in [0.05, 0.1) is 30.8 Å². The normalized spacial score (nSPS) is 33.0. The molecule has 0 aliphatic carbocycles. The molecule has 1 unspecified atom stereocenters. The Bertz CT molecular complexity index is 1210. The molecule has 1 aromatic rings. The first kappa shape index (κ1) is 29.3. The minimum Gasteiger partial charge on any atom is -0.465 e. The fraction of sp³-hybridized carbons (Fsp3) is 0.594. The number of aliphatic hydroxyl groups is 1. The van der Waals surface area contributed by atoms with Crippen molar-refractivity contribution in [3.63, 3.8) is 0 Å². The maximum atomic E-state index is 14.6. The van der Waals surface area contributed by atoms with Crippen molar-refractivity contribution in [2.24, 2.45) is 11.8 Å². The van der Waals surface area contributed by atoms with Gasteiger partial charge in [0.2, 0.25) is 5.91 Å². The second-order valence-corrected chi connectivity index (χ2v) is 11.6. The lowest BCUT2D eigenvalue weighted by Gasteiger charge is -2.40. The highest BCUT2D eigenvalue weighted by Gasteiger charge is 2.75. The van der Waals surface area contributed by atoms with Gasteiger partial charge in [-0.05, 0) is 70.7 Å². The van der Waals surface area contributed by atoms with E-state index >= 15 is 0 Å². The zero-order valence-electron chi connectivity index (χ0n) is 24.6. The monoisotopic (exact) mass is 565 g/mol. The number of ether oxygens (including phenoxy) is 2. The van der Waals surface area contributed by atoms with Gasteiger partial charge in [0, 0.05) is 31.0 Å². The molecule has 0 radical (unpaired) electrons. The number of likely N-dealkylation sites (tertiary alicyclic amines) is 1. The van der Waals surface area contributed by atoms with Gasteiger partial charge in [0.1, 0.15) is 17.6 Å². The van der Waals surface area contributed by atoms with Crippen LogP contribution in [0.15, 0.2) is 48.6 Å². The predicted molar refractivity (Wildman–Crippen MR) is 156 cm³/mol. The average molecular weight is 566 g/mol. The van der Waals surface area contributed by atoms with E-state index in [2.05, 4.69) is 18.7 Å². The number of amides is 2. The van der Waals surface area contributed by atoms with Gasteiger partial charge in [0.25, 0.3) is 5.91 Å². The number of carbonyl (C=O) groups is 3. The van der Waals surface area contributed by atoms with Crippen molar-refractivity contribution >= 4 is 29.2 Å². The van der Waals surface area contributed by atoms with Crippen LogP contribution in [0, 0.1) is 11.8 Å². The molecule has 2 amide bonds. The summed E-state index contributed by atoms with van der Waals surface area (Å²) in [6.45, 7) is 9.91. The van der Waals surface area contributed by atoms with Crippen LogP contribution in [0.1, 0.15) is 53.4 Å². The molecule has 0 bridgehead atoms. The van der Waals surface area contributed by atoms with E-state index in [4.69, 9.17) is 9.47 Å². The molecular formula is C32H43N3O6. The number of benzene rings is 1. The second kappa shape index (κ2) is 11.6. The fourth-order valence-electron chi connectivity index (χ4n) is 7.21. The van der Waals surface area contributed by atoms with Crippen molar-refractivity contribution in [1.29, 1.82) is 0 Å². The summed E-state index contributed by atoms with van der Waals surface area (Å²) in [4.78, 5) is 48.0. The van der Waals surface area contributed by atoms with Crippen LogP contribution in [0.25, 0.3) is 0 Å². The molecule has 1 aromatic carbocycles. The summed E-state index contributed by atoms with van der Waals surface area (Å²) in [6.07, 6.45) is 10.5. The quantitative estimate of drug-likeness (QED) is 0.399. The standard InChI is InChI=1S/C32H43N3O6/c1-5-22(21-36)35-27-29(38)34(24-15-13-23(14-16-24)33(6-2)7-3)19-12-18-32(27)25(28(35)37)26-30(39)40-20-11-9-8-10-17-31(26,4)41-32/h10,12-18,22,25-27,36H,5-9,11,19-21H2,1-4H3/b17-10-/t22-,25-,26+,27?,31-,32-/m0/s1. The molecular weight excluding hydrogens is 522 g/mol. The molecule has 2 fully saturated rings. The fourth-order valence-corrected chi connectivity index (χ4v) is 7.21. The van der Waals surface area contributed by atoms with Gasteiger partial charge in [-0.2, -0.15) is 0 Å². The van der Waals surface area contributed by atoms with Crippen LogP contribution in [-0.4, -0.2) is 83.9 Å². The molecule has 41 heavy (non-hydrogen) atoms. The Hall–Kier alpha value is -3.17. The topological polar surface area (TPSA) is 99.6 Å². The van der Waals surface area contributed by atoms with Gasteiger partial charge < -0.3 is 29.3 Å². The number of esters is 1. The average Bonchev–Trinajstić information content (AvgIpc) is 3.30. The van der Waals surface area contributed by atoms with E-state index in [0.29, 0.717) is 12.1 Å². The van der Waals surface area contributed by atoms with Crippen LogP contribution in [0.2, 0.25) is 0 Å². The first-order chi connectivity index (χ1) is 19.8. The summed E-state index contributed by atoms with van der Waals surface area (Å²) < 4.78 is 12.5. The Morgan fingerprint density at radius 2 is 1.73 bits per heavy atom. The minimum atomic E-state index is -1.39. The number of nitrogens with zero attached hydrogens (tertiary/aromatic N) is 3. The molecule has 0 aromatic heterocycles. The Morgan fingerprint density at radius 3 is 2.39 bits per heavy atom. The SMILES string of the molecule is CC[C@@H](CO)N1C(=O)[C@@H]2[C@@H]3C(=O)OCCCC/C=C\[C@]3(C)O[C@@]23C=CCN(c2ccc(N(CC)CC)cc2)C(=O)C13. The van der Waals surface area contributed by atoms with Gasteiger partial charge in [-0.25, -0.2) is 0 Å². The smallest absolute Gasteiger partial charge is 0.313 e. The summed E-state index contributed by atoms with van der Waals surface area (Å²) >= 11 is 0. The van der Waals surface area contributed by atoms with E-state index in [-0.39, 0.29) is 31.6 Å². The zero-order chi connectivity index (χ0) is 29.4. The number of anilines is 2. The number of carbonyl (C=O) groups excluding carboxylic acids is 3. The number of allylic oxidation sites excluding steroid dienone is 1. The Kier molecular flexibility index (Phi) is 8.30. The highest BCUT2D eigenvalue weighted by Crippen LogP contribution is 2.57. The minimum absolute atomic E-state index is 0.278. The highest BCUT2D eigenvalue weighted by atomic mass is 16.6. The Balaban J connectivity index is 1.61. The molecule has 0 saturated carbocycles. The van der Waals surface area contributed by atoms with Crippen LogP contribution < -0.4 is 9.80 Å². The number of cyclic esters (lactones) is 1. The molecule has 5 rings (SSSR count). The summed E-state index contributed by atoms with van der Waals surface area (Å²) in [5.41, 5.74) is -0.741. The van der Waals surface area contributed by atoms with Crippen molar-refractivity contribution < 1.29 is 29.0 Å². The van der Waals surface area contributed by atoms with Gasteiger partial charge >= 0.3 is 5.97 Å². The molecule has 2 saturated heterocycles. The van der Waals surface area contributed by atoms with E-state index in [1.165, 1.54) is 4.90 Å². The second-order valence-electron chi connectivity index (χ2n) is 11.6. The molecule has 4 aliphatic heterocycles. The lowest BCUT2D eigenvalue weighted by molar-refractivity contribution is -0.160. The maximum absolute atomic E-state index is 14.6. The molecule has 4 heterocycles. The van der Waals surface area contributed by atoms with Crippen LogP contribution >= 0.6 is 0 Å². The summed E-state index contributed by atoms with van der Waals surface area (Å²) in [6, 6.07) is 6.22. The van der Waals surface area contributed by atoms with Crippen LogP contribution in [0.5, 0.6) is 0 Å². The number of hydrogen-bond acceptors (Lipinski definition) is 7. The van der Waals surface area contributed by atoms with Gasteiger partial charge in [-0.3, -0.25) is 14.4 Å². The van der Waals surface area contributed by atoms with Crippen LogP contribution in [-0.2, 0) is 23.9 Å². The van der Waals surface area contributed by atoms with E-state index < -0.39 is 41.1 Å². The predicted octanol–water partition coefficient (Wildman–Crippen LogP) is 3.46. The third-order valence-corrected chi connectivity index (χ3v) is 9.30. The molecule has 6 atom stereocenters. The summed E-state index contributed by atoms with van der Waals surface area (Å²) in [5, 5.41) is 10.3. The van der Waals surface area contributed by atoms with Crippen LogP contribution in [0.3, 0.4) is 0 Å². The first-order valence-corrected chi connectivity index (χ1v) is 15.1. The summed E-state index contributed by atoms with van der Waals surface area (Å²) in [7, 11) is 0. The van der Waals surface area contributed by atoms with Crippen molar-refractivity contribution in [3.8, 4) is 0 Å². The third-order valence-electron chi connectivity index (χ3n) is 9.30. The molecule has 4 aliphatic rings. The van der Waals surface area contributed by atoms with E-state index in [9.17, 15) is 19.5 Å². The van der Waals surface area contributed by atoms with Crippen molar-refractivity contribution in [1.82, 2.24) is 4.90 Å². The Morgan fingerprint density at radius 1 is 1.00 bits per heavy atom. The number of rotatable bonds is 7. The largest absolute Gasteiger partial charge is 0.465 e.